The maximum atomic E-state index is 11.8. The van der Waals surface area contributed by atoms with E-state index in [9.17, 15) is 9.59 Å². The van der Waals surface area contributed by atoms with Gasteiger partial charge in [-0.1, -0.05) is 34.1 Å². The van der Waals surface area contributed by atoms with E-state index >= 15 is 0 Å². The van der Waals surface area contributed by atoms with Crippen molar-refractivity contribution in [3.8, 4) is 0 Å². The molecule has 96 valence electrons. The number of hydrogen-bond acceptors (Lipinski definition) is 2. The summed E-state index contributed by atoms with van der Waals surface area (Å²) in [7, 11) is 0. The van der Waals surface area contributed by atoms with Gasteiger partial charge in [-0.25, -0.2) is 0 Å². The molecule has 1 amide bonds. The van der Waals surface area contributed by atoms with E-state index in [0.29, 0.717) is 6.42 Å². The van der Waals surface area contributed by atoms with Crippen LogP contribution in [0.15, 0.2) is 28.7 Å². The zero-order valence-corrected chi connectivity index (χ0v) is 11.5. The Morgan fingerprint density at radius 3 is 2.61 bits per heavy atom. The van der Waals surface area contributed by atoms with E-state index in [1.54, 1.807) is 0 Å². The van der Waals surface area contributed by atoms with Gasteiger partial charge in [-0.3, -0.25) is 9.59 Å². The molecular formula is C13H14BrNO3. The average Bonchev–Trinajstić information content (AvgIpc) is 3.09. The van der Waals surface area contributed by atoms with Crippen LogP contribution in [0, 0.1) is 11.8 Å². The fourth-order valence-corrected chi connectivity index (χ4v) is 2.61. The minimum absolute atomic E-state index is 0.136. The second kappa shape index (κ2) is 5.10. The van der Waals surface area contributed by atoms with E-state index in [0.717, 1.165) is 10.0 Å². The molecule has 0 aromatic heterocycles. The molecule has 4 nitrogen and oxygen atoms in total. The largest absolute Gasteiger partial charge is 0.481 e. The van der Waals surface area contributed by atoms with Crippen molar-refractivity contribution >= 4 is 27.8 Å². The number of carboxylic acids is 1. The molecule has 5 heteroatoms. The quantitative estimate of drug-likeness (QED) is 0.897. The second-order valence-electron chi connectivity index (χ2n) is 4.54. The summed E-state index contributed by atoms with van der Waals surface area (Å²) in [5.74, 6) is -1.93. The van der Waals surface area contributed by atoms with Crippen LogP contribution < -0.4 is 5.32 Å². The normalized spacial score (nSPS) is 23.2. The van der Waals surface area contributed by atoms with Gasteiger partial charge in [0.2, 0.25) is 5.91 Å². The lowest BCUT2D eigenvalue weighted by Gasteiger charge is -2.15. The van der Waals surface area contributed by atoms with Crippen molar-refractivity contribution in [2.75, 3.05) is 0 Å². The summed E-state index contributed by atoms with van der Waals surface area (Å²) in [6, 6.07) is 7.51. The van der Waals surface area contributed by atoms with Crippen LogP contribution in [-0.2, 0) is 9.59 Å². The van der Waals surface area contributed by atoms with Crippen LogP contribution >= 0.6 is 15.9 Å². The first-order chi connectivity index (χ1) is 8.50. The highest BCUT2D eigenvalue weighted by Gasteiger charge is 2.48. The zero-order valence-electron chi connectivity index (χ0n) is 9.89. The molecule has 18 heavy (non-hydrogen) atoms. The lowest BCUT2D eigenvalue weighted by atomic mass is 10.1. The van der Waals surface area contributed by atoms with Gasteiger partial charge in [-0.15, -0.1) is 0 Å². The Kier molecular flexibility index (Phi) is 3.71. The Morgan fingerprint density at radius 1 is 1.39 bits per heavy atom. The van der Waals surface area contributed by atoms with Crippen molar-refractivity contribution in [2.24, 2.45) is 11.8 Å². The van der Waals surface area contributed by atoms with Crippen molar-refractivity contribution < 1.29 is 14.7 Å². The van der Waals surface area contributed by atoms with Crippen LogP contribution in [-0.4, -0.2) is 17.0 Å². The third-order valence-corrected chi connectivity index (χ3v) is 3.90. The Bertz CT molecular complexity index is 489. The summed E-state index contributed by atoms with van der Waals surface area (Å²) in [6.45, 7) is 1.89. The molecule has 1 aromatic carbocycles. The molecule has 0 spiro atoms. The van der Waals surface area contributed by atoms with E-state index in [-0.39, 0.29) is 17.9 Å². The highest BCUT2D eigenvalue weighted by atomic mass is 79.9. The van der Waals surface area contributed by atoms with Gasteiger partial charge < -0.3 is 10.4 Å². The number of carbonyl (C=O) groups is 2. The van der Waals surface area contributed by atoms with Crippen LogP contribution in [0.4, 0.5) is 0 Å². The molecule has 0 heterocycles. The van der Waals surface area contributed by atoms with Crippen LogP contribution in [0.1, 0.15) is 24.9 Å². The summed E-state index contributed by atoms with van der Waals surface area (Å²) in [6.07, 6.45) is 0.448. The van der Waals surface area contributed by atoms with Gasteiger partial charge in [0.25, 0.3) is 0 Å². The Morgan fingerprint density at radius 2 is 2.06 bits per heavy atom. The molecule has 1 aromatic rings. The van der Waals surface area contributed by atoms with Gasteiger partial charge in [0.05, 0.1) is 17.9 Å². The number of carboxylic acid groups (broad SMARTS) is 1. The number of rotatable bonds is 4. The molecule has 0 unspecified atom stereocenters. The fourth-order valence-electron chi connectivity index (χ4n) is 1.98. The van der Waals surface area contributed by atoms with Gasteiger partial charge in [-0.05, 0) is 25.0 Å². The Balaban J connectivity index is 1.97. The van der Waals surface area contributed by atoms with Gasteiger partial charge in [0, 0.05) is 4.47 Å². The highest BCUT2D eigenvalue weighted by Crippen LogP contribution is 2.39. The molecule has 1 saturated carbocycles. The first kappa shape index (κ1) is 13.1. The molecule has 0 saturated heterocycles. The molecule has 0 radical (unpaired) electrons. The van der Waals surface area contributed by atoms with Crippen LogP contribution in [0.25, 0.3) is 0 Å². The van der Waals surface area contributed by atoms with Crippen molar-refractivity contribution in [1.29, 1.82) is 0 Å². The van der Waals surface area contributed by atoms with Crippen molar-refractivity contribution in [1.82, 2.24) is 5.32 Å². The summed E-state index contributed by atoms with van der Waals surface area (Å²) in [5, 5.41) is 11.6. The fraction of sp³-hybridized carbons (Fsp3) is 0.385. The number of benzene rings is 1. The molecular weight excluding hydrogens is 298 g/mol. The van der Waals surface area contributed by atoms with E-state index in [4.69, 9.17) is 5.11 Å². The number of hydrogen-bond donors (Lipinski definition) is 2. The molecule has 2 rings (SSSR count). The SMILES string of the molecule is C[C@H](NC(=O)[C@@H]1C[C@@H]1C(=O)O)c1ccccc1Br. The predicted molar refractivity (Wildman–Crippen MR) is 69.9 cm³/mol. The van der Waals surface area contributed by atoms with Crippen LogP contribution in [0.5, 0.6) is 0 Å². The maximum absolute atomic E-state index is 11.8. The smallest absolute Gasteiger partial charge is 0.307 e. The standard InChI is InChI=1S/C13H14BrNO3/c1-7(8-4-2-3-5-11(8)14)15-12(16)9-6-10(9)13(17)18/h2-5,7,9-10H,6H2,1H3,(H,15,16)(H,17,18)/t7-,9+,10-/m0/s1. The van der Waals surface area contributed by atoms with Gasteiger partial charge in [0.15, 0.2) is 0 Å². The molecule has 0 bridgehead atoms. The topological polar surface area (TPSA) is 66.4 Å². The first-order valence-corrected chi connectivity index (χ1v) is 6.57. The van der Waals surface area contributed by atoms with E-state index in [1.807, 2.05) is 31.2 Å². The number of halogens is 1. The predicted octanol–water partition coefficient (Wildman–Crippen LogP) is 2.35. The minimum atomic E-state index is -0.885. The number of nitrogens with one attached hydrogen (secondary N) is 1. The maximum Gasteiger partial charge on any atom is 0.307 e. The Hall–Kier alpha value is -1.36. The first-order valence-electron chi connectivity index (χ1n) is 5.78. The third-order valence-electron chi connectivity index (χ3n) is 3.17. The van der Waals surface area contributed by atoms with Crippen LogP contribution in [0.2, 0.25) is 0 Å². The molecule has 0 aliphatic heterocycles. The van der Waals surface area contributed by atoms with Crippen molar-refractivity contribution in [3.63, 3.8) is 0 Å². The second-order valence-corrected chi connectivity index (χ2v) is 5.39. The van der Waals surface area contributed by atoms with Gasteiger partial charge in [0.1, 0.15) is 0 Å². The summed E-state index contributed by atoms with van der Waals surface area (Å²) in [4.78, 5) is 22.5. The molecule has 1 aliphatic rings. The van der Waals surface area contributed by atoms with Crippen molar-refractivity contribution in [2.45, 2.75) is 19.4 Å². The third kappa shape index (κ3) is 2.72. The molecule has 2 N–H and O–H groups in total. The average molecular weight is 312 g/mol. The minimum Gasteiger partial charge on any atom is -0.481 e. The van der Waals surface area contributed by atoms with E-state index in [2.05, 4.69) is 21.2 Å². The summed E-state index contributed by atoms with van der Waals surface area (Å²) in [5.41, 5.74) is 0.985. The Labute approximate surface area is 114 Å². The van der Waals surface area contributed by atoms with Crippen LogP contribution in [0.3, 0.4) is 0 Å². The summed E-state index contributed by atoms with van der Waals surface area (Å²) < 4.78 is 0.934. The van der Waals surface area contributed by atoms with Gasteiger partial charge >= 0.3 is 5.97 Å². The molecule has 1 fully saturated rings. The summed E-state index contributed by atoms with van der Waals surface area (Å²) >= 11 is 3.43. The van der Waals surface area contributed by atoms with E-state index in [1.165, 1.54) is 0 Å². The molecule has 1 aliphatic carbocycles. The number of aliphatic carboxylic acids is 1. The van der Waals surface area contributed by atoms with Gasteiger partial charge in [-0.2, -0.15) is 0 Å². The lowest BCUT2D eigenvalue weighted by Crippen LogP contribution is -2.29. The highest BCUT2D eigenvalue weighted by molar-refractivity contribution is 9.10. The number of amides is 1. The lowest BCUT2D eigenvalue weighted by molar-refractivity contribution is -0.140. The molecule has 3 atom stereocenters. The van der Waals surface area contributed by atoms with Crippen molar-refractivity contribution in [3.05, 3.63) is 34.3 Å². The van der Waals surface area contributed by atoms with E-state index < -0.39 is 11.9 Å². The zero-order chi connectivity index (χ0) is 13.3. The monoisotopic (exact) mass is 311 g/mol. The number of carbonyl (C=O) groups excluding carboxylic acids is 1.